The molecule has 3 aromatic rings. The van der Waals surface area contributed by atoms with Crippen molar-refractivity contribution in [2.24, 2.45) is 0 Å². The van der Waals surface area contributed by atoms with Gasteiger partial charge in [-0.1, -0.05) is 6.07 Å². The van der Waals surface area contributed by atoms with E-state index in [1.165, 1.54) is 11.3 Å². The average molecular weight is 378 g/mol. The molecule has 0 bridgehead atoms. The third-order valence-corrected chi connectivity index (χ3v) is 5.46. The van der Waals surface area contributed by atoms with E-state index in [-0.39, 0.29) is 5.63 Å². The highest BCUT2D eigenvalue weighted by molar-refractivity contribution is 5.83. The first kappa shape index (κ1) is 18.6. The van der Waals surface area contributed by atoms with Crippen molar-refractivity contribution in [1.82, 2.24) is 4.90 Å². The van der Waals surface area contributed by atoms with Gasteiger partial charge in [0.05, 0.1) is 7.11 Å². The summed E-state index contributed by atoms with van der Waals surface area (Å²) in [4.78, 5) is 16.9. The highest BCUT2D eigenvalue weighted by atomic mass is 16.5. The monoisotopic (exact) mass is 378 g/mol. The average Bonchev–Trinajstić information content (AvgIpc) is 2.69. The number of hydrogen-bond donors (Lipinski definition) is 0. The lowest BCUT2D eigenvalue weighted by Crippen LogP contribution is -2.46. The van der Waals surface area contributed by atoms with Crippen molar-refractivity contribution in [3.63, 3.8) is 0 Å². The summed E-state index contributed by atoms with van der Waals surface area (Å²) >= 11 is 0. The molecule has 1 saturated heterocycles. The molecule has 0 saturated carbocycles. The standard InChI is InChI=1S/C23H26N2O3/c1-16-12-17(2)23-21(13-16)18(14-22(26)28-23)15-24-8-10-25(11-9-24)19-4-6-20(27-3)7-5-19/h4-7,12-14H,8-11,15H2,1-3H3. The Morgan fingerprint density at radius 2 is 1.71 bits per heavy atom. The van der Waals surface area contributed by atoms with Crippen molar-refractivity contribution < 1.29 is 9.15 Å². The molecule has 0 radical (unpaired) electrons. The number of nitrogens with zero attached hydrogens (tertiary/aromatic N) is 2. The lowest BCUT2D eigenvalue weighted by Gasteiger charge is -2.36. The second-order valence-electron chi connectivity index (χ2n) is 7.51. The maximum Gasteiger partial charge on any atom is 0.336 e. The Kier molecular flexibility index (Phi) is 5.09. The Balaban J connectivity index is 1.50. The lowest BCUT2D eigenvalue weighted by atomic mass is 10.0. The first-order chi connectivity index (χ1) is 13.5. The van der Waals surface area contributed by atoms with Gasteiger partial charge in [-0.2, -0.15) is 0 Å². The Bertz CT molecular complexity index is 1030. The Hall–Kier alpha value is -2.79. The summed E-state index contributed by atoms with van der Waals surface area (Å²) in [6.07, 6.45) is 0. The number of anilines is 1. The molecule has 4 rings (SSSR count). The van der Waals surface area contributed by atoms with E-state index in [1.54, 1.807) is 13.2 Å². The van der Waals surface area contributed by atoms with Gasteiger partial charge in [-0.05, 0) is 60.9 Å². The van der Waals surface area contributed by atoms with Gasteiger partial charge in [-0.3, -0.25) is 4.90 Å². The summed E-state index contributed by atoms with van der Waals surface area (Å²) in [5.74, 6) is 0.878. The third-order valence-electron chi connectivity index (χ3n) is 5.46. The van der Waals surface area contributed by atoms with Gasteiger partial charge in [0.25, 0.3) is 0 Å². The van der Waals surface area contributed by atoms with E-state index in [9.17, 15) is 4.79 Å². The summed E-state index contributed by atoms with van der Waals surface area (Å²) in [7, 11) is 1.69. The van der Waals surface area contributed by atoms with E-state index >= 15 is 0 Å². The van der Waals surface area contributed by atoms with Gasteiger partial charge >= 0.3 is 5.63 Å². The summed E-state index contributed by atoms with van der Waals surface area (Å²) in [5, 5.41) is 1.05. The van der Waals surface area contributed by atoms with Gasteiger partial charge in [0.15, 0.2) is 0 Å². The van der Waals surface area contributed by atoms with Crippen LogP contribution >= 0.6 is 0 Å². The Labute approximate surface area is 165 Å². The van der Waals surface area contributed by atoms with Crippen LogP contribution in [-0.2, 0) is 6.54 Å². The fourth-order valence-corrected chi connectivity index (χ4v) is 4.01. The van der Waals surface area contributed by atoms with E-state index in [0.29, 0.717) is 5.58 Å². The van der Waals surface area contributed by atoms with E-state index in [4.69, 9.17) is 9.15 Å². The predicted molar refractivity (Wildman–Crippen MR) is 112 cm³/mol. The van der Waals surface area contributed by atoms with Gasteiger partial charge in [0, 0.05) is 49.9 Å². The zero-order valence-electron chi connectivity index (χ0n) is 16.7. The number of benzene rings is 2. The molecule has 5 heteroatoms. The Morgan fingerprint density at radius 3 is 2.39 bits per heavy atom. The van der Waals surface area contributed by atoms with Crippen LogP contribution < -0.4 is 15.3 Å². The number of hydrogen-bond acceptors (Lipinski definition) is 5. The normalized spacial score (nSPS) is 15.2. The van der Waals surface area contributed by atoms with Crippen LogP contribution in [0.2, 0.25) is 0 Å². The van der Waals surface area contributed by atoms with E-state index in [0.717, 1.165) is 55.0 Å². The van der Waals surface area contributed by atoms with Crippen LogP contribution in [-0.4, -0.2) is 38.2 Å². The Morgan fingerprint density at radius 1 is 1.00 bits per heavy atom. The quantitative estimate of drug-likeness (QED) is 0.647. The molecule has 0 atom stereocenters. The second kappa shape index (κ2) is 7.68. The lowest BCUT2D eigenvalue weighted by molar-refractivity contribution is 0.250. The number of fused-ring (bicyclic) bond motifs is 1. The molecule has 1 fully saturated rings. The first-order valence-electron chi connectivity index (χ1n) is 9.69. The molecule has 1 aliphatic rings. The van der Waals surface area contributed by atoms with Crippen molar-refractivity contribution in [2.75, 3.05) is 38.2 Å². The number of ether oxygens (including phenoxy) is 1. The summed E-state index contributed by atoms with van der Waals surface area (Å²) in [6.45, 7) is 8.68. The minimum Gasteiger partial charge on any atom is -0.497 e. The second-order valence-corrected chi connectivity index (χ2v) is 7.51. The van der Waals surface area contributed by atoms with Crippen molar-refractivity contribution in [2.45, 2.75) is 20.4 Å². The van der Waals surface area contributed by atoms with Gasteiger partial charge in [0.1, 0.15) is 11.3 Å². The molecule has 2 aromatic carbocycles. The minimum atomic E-state index is -0.272. The summed E-state index contributed by atoms with van der Waals surface area (Å²) in [5.41, 5.74) is 4.91. The summed E-state index contributed by atoms with van der Waals surface area (Å²) < 4.78 is 10.7. The van der Waals surface area contributed by atoms with Gasteiger partial charge in [-0.15, -0.1) is 0 Å². The number of aryl methyl sites for hydroxylation is 2. The molecule has 28 heavy (non-hydrogen) atoms. The third kappa shape index (κ3) is 3.76. The molecule has 2 heterocycles. The fraction of sp³-hybridized carbons (Fsp3) is 0.348. The molecular formula is C23H26N2O3. The molecule has 1 aromatic heterocycles. The van der Waals surface area contributed by atoms with Crippen molar-refractivity contribution in [3.8, 4) is 5.75 Å². The maximum atomic E-state index is 12.1. The largest absolute Gasteiger partial charge is 0.497 e. The van der Waals surface area contributed by atoms with Gasteiger partial charge in [0.2, 0.25) is 0 Å². The zero-order valence-corrected chi connectivity index (χ0v) is 16.7. The van der Waals surface area contributed by atoms with Crippen LogP contribution in [0.5, 0.6) is 5.75 Å². The first-order valence-corrected chi connectivity index (χ1v) is 9.69. The maximum absolute atomic E-state index is 12.1. The van der Waals surface area contributed by atoms with E-state index < -0.39 is 0 Å². The smallest absolute Gasteiger partial charge is 0.336 e. The van der Waals surface area contributed by atoms with Crippen molar-refractivity contribution in [1.29, 1.82) is 0 Å². The van der Waals surface area contributed by atoms with E-state index in [2.05, 4.69) is 41.0 Å². The highest BCUT2D eigenvalue weighted by Crippen LogP contribution is 2.25. The molecular weight excluding hydrogens is 352 g/mol. The minimum absolute atomic E-state index is 0.272. The van der Waals surface area contributed by atoms with Crippen LogP contribution in [0.3, 0.4) is 0 Å². The fourth-order valence-electron chi connectivity index (χ4n) is 4.01. The number of piperazine rings is 1. The van der Waals surface area contributed by atoms with Gasteiger partial charge < -0.3 is 14.1 Å². The van der Waals surface area contributed by atoms with Crippen molar-refractivity contribution >= 4 is 16.7 Å². The van der Waals surface area contributed by atoms with Crippen LogP contribution in [0, 0.1) is 13.8 Å². The van der Waals surface area contributed by atoms with Gasteiger partial charge in [-0.25, -0.2) is 4.79 Å². The molecule has 0 unspecified atom stereocenters. The van der Waals surface area contributed by atoms with E-state index in [1.807, 2.05) is 19.1 Å². The van der Waals surface area contributed by atoms with Crippen molar-refractivity contribution in [3.05, 3.63) is 69.6 Å². The molecule has 0 amide bonds. The summed E-state index contributed by atoms with van der Waals surface area (Å²) in [6, 6.07) is 14.0. The molecule has 0 spiro atoms. The molecule has 5 nitrogen and oxygen atoms in total. The number of rotatable bonds is 4. The zero-order chi connectivity index (χ0) is 19.7. The SMILES string of the molecule is COc1ccc(N2CCN(Cc3cc(=O)oc4c(C)cc(C)cc34)CC2)cc1. The molecule has 146 valence electrons. The topological polar surface area (TPSA) is 45.9 Å². The van der Waals surface area contributed by atoms with Crippen LogP contribution in [0.15, 0.2) is 51.7 Å². The van der Waals surface area contributed by atoms with Crippen LogP contribution in [0.4, 0.5) is 5.69 Å². The predicted octanol–water partition coefficient (Wildman–Crippen LogP) is 3.74. The molecule has 0 N–H and O–H groups in total. The number of methoxy groups -OCH3 is 1. The van der Waals surface area contributed by atoms with Crippen LogP contribution in [0.25, 0.3) is 11.0 Å². The molecule has 1 aliphatic heterocycles. The van der Waals surface area contributed by atoms with Crippen LogP contribution in [0.1, 0.15) is 16.7 Å². The molecule has 0 aliphatic carbocycles. The highest BCUT2D eigenvalue weighted by Gasteiger charge is 2.19.